The van der Waals surface area contributed by atoms with Crippen LogP contribution in [0.3, 0.4) is 0 Å². The molecule has 1 saturated heterocycles. The SMILES string of the molecule is C/C=C(Nc1ccc(C)cc1F)\C(=C/N(C)C=O)C(=O)N1CC(O)(CNC)C1.CC.CC. The summed E-state index contributed by atoms with van der Waals surface area (Å²) >= 11 is 0. The van der Waals surface area contributed by atoms with E-state index in [1.807, 2.05) is 27.7 Å². The minimum atomic E-state index is -0.974. The van der Waals surface area contributed by atoms with Crippen LogP contribution in [0.15, 0.2) is 41.7 Å². The molecule has 0 spiro atoms. The Morgan fingerprint density at radius 3 is 2.34 bits per heavy atom. The molecule has 180 valence electrons. The Kier molecular flexibility index (Phi) is 13.2. The Labute approximate surface area is 192 Å². The topological polar surface area (TPSA) is 84.9 Å². The van der Waals surface area contributed by atoms with Crippen molar-refractivity contribution in [3.63, 3.8) is 0 Å². The first-order valence-electron chi connectivity index (χ1n) is 11.0. The monoisotopic (exact) mass is 450 g/mol. The van der Waals surface area contributed by atoms with E-state index in [0.717, 1.165) is 5.56 Å². The fourth-order valence-corrected chi connectivity index (χ4v) is 3.05. The van der Waals surface area contributed by atoms with Gasteiger partial charge < -0.3 is 25.5 Å². The first kappa shape index (κ1) is 29.3. The maximum Gasteiger partial charge on any atom is 0.257 e. The number of likely N-dealkylation sites (tertiary alicyclic amines) is 1. The van der Waals surface area contributed by atoms with Crippen LogP contribution < -0.4 is 10.6 Å². The summed E-state index contributed by atoms with van der Waals surface area (Å²) in [5, 5.41) is 16.1. The molecule has 0 aliphatic carbocycles. The van der Waals surface area contributed by atoms with Crippen molar-refractivity contribution in [2.24, 2.45) is 0 Å². The summed E-state index contributed by atoms with van der Waals surface area (Å²) in [6.07, 6.45) is 3.60. The van der Waals surface area contributed by atoms with Crippen LogP contribution in [-0.4, -0.2) is 66.6 Å². The molecule has 0 saturated carbocycles. The number of halogens is 1. The minimum Gasteiger partial charge on any atom is -0.385 e. The lowest BCUT2D eigenvalue weighted by molar-refractivity contribution is -0.150. The third kappa shape index (κ3) is 8.09. The average Bonchev–Trinajstić information content (AvgIpc) is 2.78. The van der Waals surface area contributed by atoms with E-state index in [1.54, 1.807) is 39.1 Å². The van der Waals surface area contributed by atoms with E-state index >= 15 is 0 Å². The molecule has 0 atom stereocenters. The Morgan fingerprint density at radius 2 is 1.88 bits per heavy atom. The van der Waals surface area contributed by atoms with Crippen molar-refractivity contribution in [3.8, 4) is 0 Å². The normalized spacial score (nSPS) is 14.8. The molecule has 1 fully saturated rings. The zero-order chi connectivity index (χ0) is 24.9. The number of carbonyl (C=O) groups is 2. The molecule has 0 aromatic heterocycles. The second kappa shape index (κ2) is 14.4. The van der Waals surface area contributed by atoms with Crippen LogP contribution in [0, 0.1) is 12.7 Å². The molecule has 32 heavy (non-hydrogen) atoms. The van der Waals surface area contributed by atoms with Crippen LogP contribution >= 0.6 is 0 Å². The lowest BCUT2D eigenvalue weighted by atomic mass is 9.93. The van der Waals surface area contributed by atoms with Gasteiger partial charge in [-0.2, -0.15) is 0 Å². The number of aliphatic hydroxyl groups is 1. The van der Waals surface area contributed by atoms with Gasteiger partial charge in [0.05, 0.1) is 24.4 Å². The molecular weight excluding hydrogens is 411 g/mol. The number of benzene rings is 1. The molecule has 1 aliphatic rings. The number of anilines is 1. The average molecular weight is 451 g/mol. The molecular formula is C24H39FN4O3. The number of nitrogens with one attached hydrogen (secondary N) is 2. The molecule has 0 unspecified atom stereocenters. The molecule has 1 aromatic rings. The Hall–Kier alpha value is -2.71. The number of rotatable bonds is 8. The second-order valence-corrected chi connectivity index (χ2v) is 7.04. The fraction of sp³-hybridized carbons (Fsp3) is 0.500. The van der Waals surface area contributed by atoms with Gasteiger partial charge in [0.15, 0.2) is 0 Å². The number of aryl methyl sites for hydroxylation is 1. The molecule has 8 heteroatoms. The molecule has 0 bridgehead atoms. The number of β-amino-alcohol motifs (C(OH)–C–C–N with tert-alkyl or cyclic N) is 1. The standard InChI is InChI=1S/C20H27FN4O3.2C2H6/c1-5-17(23-18-7-6-14(2)8-16(18)21)15(9-24(4)13-26)19(27)25-11-20(28,12-25)10-22-3;2*1-2/h5-9,13,22-23,28H,10-12H2,1-4H3;2*1-2H3/b15-9+,17-5+;;. The number of likely N-dealkylation sites (N-methyl/N-ethyl adjacent to an activating group) is 1. The van der Waals surface area contributed by atoms with Gasteiger partial charge in [-0.25, -0.2) is 4.39 Å². The van der Waals surface area contributed by atoms with Crippen molar-refractivity contribution >= 4 is 18.0 Å². The van der Waals surface area contributed by atoms with E-state index in [1.165, 1.54) is 29.1 Å². The summed E-state index contributed by atoms with van der Waals surface area (Å²) in [7, 11) is 3.23. The van der Waals surface area contributed by atoms with Crippen molar-refractivity contribution in [2.45, 2.75) is 47.1 Å². The molecule has 0 radical (unpaired) electrons. The molecule has 1 aromatic carbocycles. The van der Waals surface area contributed by atoms with Gasteiger partial charge in [0.2, 0.25) is 6.41 Å². The van der Waals surface area contributed by atoms with Crippen LogP contribution in [0.1, 0.15) is 40.2 Å². The van der Waals surface area contributed by atoms with Crippen LogP contribution in [0.5, 0.6) is 0 Å². The number of nitrogens with zero attached hydrogens (tertiary/aromatic N) is 2. The van der Waals surface area contributed by atoms with Crippen molar-refractivity contribution in [3.05, 3.63) is 53.1 Å². The quantitative estimate of drug-likeness (QED) is 0.322. The van der Waals surface area contributed by atoms with E-state index in [-0.39, 0.29) is 30.3 Å². The Balaban J connectivity index is 0.00000227. The summed E-state index contributed by atoms with van der Waals surface area (Å²) in [5.41, 5.74) is 0.594. The van der Waals surface area contributed by atoms with E-state index in [9.17, 15) is 19.1 Å². The van der Waals surface area contributed by atoms with Crippen LogP contribution in [0.2, 0.25) is 0 Å². The van der Waals surface area contributed by atoms with Gasteiger partial charge in [-0.1, -0.05) is 39.8 Å². The van der Waals surface area contributed by atoms with Crippen molar-refractivity contribution in [1.29, 1.82) is 0 Å². The molecule has 1 heterocycles. The van der Waals surface area contributed by atoms with Crippen LogP contribution in [0.4, 0.5) is 10.1 Å². The molecule has 2 amide bonds. The smallest absolute Gasteiger partial charge is 0.257 e. The Bertz CT molecular complexity index is 802. The molecule has 1 aliphatic heterocycles. The lowest BCUT2D eigenvalue weighted by Gasteiger charge is -2.46. The molecule has 7 nitrogen and oxygen atoms in total. The highest BCUT2D eigenvalue weighted by Gasteiger charge is 2.44. The Morgan fingerprint density at radius 1 is 1.28 bits per heavy atom. The van der Waals surface area contributed by atoms with Crippen molar-refractivity contribution < 1.29 is 19.1 Å². The predicted octanol–water partition coefficient (Wildman–Crippen LogP) is 3.27. The van der Waals surface area contributed by atoms with Gasteiger partial charge in [0.25, 0.3) is 5.91 Å². The van der Waals surface area contributed by atoms with E-state index < -0.39 is 11.4 Å². The maximum absolute atomic E-state index is 14.3. The van der Waals surface area contributed by atoms with Gasteiger partial charge in [0.1, 0.15) is 11.4 Å². The third-order valence-electron chi connectivity index (χ3n) is 4.47. The number of hydrogen-bond donors (Lipinski definition) is 3. The predicted molar refractivity (Wildman–Crippen MR) is 129 cm³/mol. The highest BCUT2D eigenvalue weighted by molar-refractivity contribution is 5.99. The summed E-state index contributed by atoms with van der Waals surface area (Å²) in [6.45, 7) is 12.2. The molecule has 2 rings (SSSR count). The first-order valence-corrected chi connectivity index (χ1v) is 11.0. The number of carbonyl (C=O) groups excluding carboxylic acids is 2. The van der Waals surface area contributed by atoms with Gasteiger partial charge in [-0.15, -0.1) is 0 Å². The first-order chi connectivity index (χ1) is 15.2. The van der Waals surface area contributed by atoms with Gasteiger partial charge in [-0.3, -0.25) is 9.59 Å². The second-order valence-electron chi connectivity index (χ2n) is 7.04. The largest absolute Gasteiger partial charge is 0.385 e. The van der Waals surface area contributed by atoms with Gasteiger partial charge >= 0.3 is 0 Å². The lowest BCUT2D eigenvalue weighted by Crippen LogP contribution is -2.67. The summed E-state index contributed by atoms with van der Waals surface area (Å²) < 4.78 is 14.3. The maximum atomic E-state index is 14.3. The highest BCUT2D eigenvalue weighted by Crippen LogP contribution is 2.26. The minimum absolute atomic E-state index is 0.171. The van der Waals surface area contributed by atoms with Crippen LogP contribution in [-0.2, 0) is 9.59 Å². The fourth-order valence-electron chi connectivity index (χ4n) is 3.05. The zero-order valence-corrected chi connectivity index (χ0v) is 20.6. The van der Waals surface area contributed by atoms with Crippen molar-refractivity contribution in [2.75, 3.05) is 39.0 Å². The van der Waals surface area contributed by atoms with E-state index in [4.69, 9.17) is 0 Å². The summed E-state index contributed by atoms with van der Waals surface area (Å²) in [4.78, 5) is 26.8. The van der Waals surface area contributed by atoms with Crippen LogP contribution in [0.25, 0.3) is 0 Å². The third-order valence-corrected chi connectivity index (χ3v) is 4.47. The van der Waals surface area contributed by atoms with Gasteiger partial charge in [-0.05, 0) is 38.6 Å². The van der Waals surface area contributed by atoms with Gasteiger partial charge in [0, 0.05) is 25.5 Å². The number of allylic oxidation sites excluding steroid dienone is 1. The highest BCUT2D eigenvalue weighted by atomic mass is 19.1. The van der Waals surface area contributed by atoms with E-state index in [2.05, 4.69) is 10.6 Å². The molecule has 3 N–H and O–H groups in total. The van der Waals surface area contributed by atoms with Crippen molar-refractivity contribution in [1.82, 2.24) is 15.1 Å². The summed E-state index contributed by atoms with van der Waals surface area (Å²) in [5.74, 6) is -0.801. The van der Waals surface area contributed by atoms with E-state index in [0.29, 0.717) is 18.7 Å². The summed E-state index contributed by atoms with van der Waals surface area (Å²) in [6, 6.07) is 4.75. The number of hydrogen-bond acceptors (Lipinski definition) is 5. The zero-order valence-electron chi connectivity index (χ0n) is 20.6. The number of amides is 2.